The van der Waals surface area contributed by atoms with Crippen molar-refractivity contribution in [2.24, 2.45) is 0 Å². The number of ether oxygens (including phenoxy) is 1. The summed E-state index contributed by atoms with van der Waals surface area (Å²) >= 11 is 6.04. The molecule has 0 fully saturated rings. The SMILES string of the molecule is Cc1ccc(OCCCCn2c(Cc3ccc(Cl)cc3)nc3ccccc32)cc1C. The summed E-state index contributed by atoms with van der Waals surface area (Å²) in [5.41, 5.74) is 6.02. The van der Waals surface area contributed by atoms with Gasteiger partial charge >= 0.3 is 0 Å². The molecule has 0 spiro atoms. The molecule has 0 saturated carbocycles. The third-order valence-corrected chi connectivity index (χ3v) is 5.78. The zero-order chi connectivity index (χ0) is 20.9. The Morgan fingerprint density at radius 3 is 2.50 bits per heavy atom. The van der Waals surface area contributed by atoms with Gasteiger partial charge in [-0.3, -0.25) is 0 Å². The van der Waals surface area contributed by atoms with Crippen molar-refractivity contribution >= 4 is 22.6 Å². The number of hydrogen-bond acceptors (Lipinski definition) is 2. The summed E-state index contributed by atoms with van der Waals surface area (Å²) in [6.45, 7) is 5.89. The lowest BCUT2D eigenvalue weighted by atomic mass is 10.1. The lowest BCUT2D eigenvalue weighted by molar-refractivity contribution is 0.303. The van der Waals surface area contributed by atoms with E-state index in [9.17, 15) is 0 Å². The molecule has 0 radical (unpaired) electrons. The van der Waals surface area contributed by atoms with Crippen LogP contribution in [0.3, 0.4) is 0 Å². The molecule has 154 valence electrons. The first kappa shape index (κ1) is 20.5. The molecule has 4 heteroatoms. The summed E-state index contributed by atoms with van der Waals surface area (Å²) in [4.78, 5) is 4.89. The Balaban J connectivity index is 1.41. The fraction of sp³-hybridized carbons (Fsp3) is 0.269. The number of aromatic nitrogens is 2. The summed E-state index contributed by atoms with van der Waals surface area (Å²) in [6, 6.07) is 22.7. The van der Waals surface area contributed by atoms with E-state index >= 15 is 0 Å². The fourth-order valence-corrected chi connectivity index (χ4v) is 3.79. The van der Waals surface area contributed by atoms with Gasteiger partial charge in [-0.15, -0.1) is 0 Å². The zero-order valence-corrected chi connectivity index (χ0v) is 18.3. The first-order chi connectivity index (χ1) is 14.6. The van der Waals surface area contributed by atoms with Crippen LogP contribution in [-0.4, -0.2) is 16.2 Å². The van der Waals surface area contributed by atoms with Crippen molar-refractivity contribution in [3.63, 3.8) is 0 Å². The van der Waals surface area contributed by atoms with Crippen LogP contribution in [-0.2, 0) is 13.0 Å². The lowest BCUT2D eigenvalue weighted by Gasteiger charge is -2.11. The van der Waals surface area contributed by atoms with E-state index in [4.69, 9.17) is 21.3 Å². The lowest BCUT2D eigenvalue weighted by Crippen LogP contribution is -2.07. The van der Waals surface area contributed by atoms with Gasteiger partial charge in [-0.2, -0.15) is 0 Å². The van der Waals surface area contributed by atoms with Crippen LogP contribution < -0.4 is 4.74 Å². The summed E-state index contributed by atoms with van der Waals surface area (Å²) in [5, 5.41) is 0.760. The first-order valence-corrected chi connectivity index (χ1v) is 10.9. The molecule has 4 rings (SSSR count). The summed E-state index contributed by atoms with van der Waals surface area (Å²) in [5.74, 6) is 2.04. The minimum atomic E-state index is 0.724. The second kappa shape index (κ2) is 9.36. The van der Waals surface area contributed by atoms with E-state index < -0.39 is 0 Å². The average Bonchev–Trinajstić information content (AvgIpc) is 3.09. The van der Waals surface area contributed by atoms with Gasteiger partial charge in [0.15, 0.2) is 0 Å². The number of unbranched alkanes of at least 4 members (excludes halogenated alkanes) is 1. The fourth-order valence-electron chi connectivity index (χ4n) is 3.66. The summed E-state index contributed by atoms with van der Waals surface area (Å²) in [7, 11) is 0. The van der Waals surface area contributed by atoms with Gasteiger partial charge in [0.2, 0.25) is 0 Å². The number of para-hydroxylation sites is 2. The molecule has 1 heterocycles. The Bertz CT molecular complexity index is 1130. The zero-order valence-electron chi connectivity index (χ0n) is 17.6. The second-order valence-corrected chi connectivity index (χ2v) is 8.21. The van der Waals surface area contributed by atoms with E-state index in [1.165, 1.54) is 22.2 Å². The van der Waals surface area contributed by atoms with Gasteiger partial charge in [0.25, 0.3) is 0 Å². The first-order valence-electron chi connectivity index (χ1n) is 10.5. The van der Waals surface area contributed by atoms with Crippen LogP contribution in [0.2, 0.25) is 5.02 Å². The maximum absolute atomic E-state index is 6.04. The molecule has 0 amide bonds. The van der Waals surface area contributed by atoms with Gasteiger partial charge in [-0.05, 0) is 79.8 Å². The van der Waals surface area contributed by atoms with Crippen molar-refractivity contribution in [2.75, 3.05) is 6.61 Å². The van der Waals surface area contributed by atoms with Crippen LogP contribution in [0.4, 0.5) is 0 Å². The van der Waals surface area contributed by atoms with Crippen molar-refractivity contribution in [1.82, 2.24) is 9.55 Å². The van der Waals surface area contributed by atoms with Gasteiger partial charge in [0.05, 0.1) is 17.6 Å². The van der Waals surface area contributed by atoms with Gasteiger partial charge in [0, 0.05) is 18.0 Å². The maximum atomic E-state index is 6.04. The number of nitrogens with zero attached hydrogens (tertiary/aromatic N) is 2. The molecule has 3 aromatic carbocycles. The van der Waals surface area contributed by atoms with Gasteiger partial charge < -0.3 is 9.30 Å². The van der Waals surface area contributed by atoms with E-state index in [2.05, 4.69) is 66.9 Å². The smallest absolute Gasteiger partial charge is 0.119 e. The molecule has 0 saturated heterocycles. The minimum absolute atomic E-state index is 0.724. The predicted octanol–water partition coefficient (Wildman–Crippen LogP) is 6.76. The van der Waals surface area contributed by atoms with Gasteiger partial charge in [-0.25, -0.2) is 4.98 Å². The normalized spacial score (nSPS) is 11.2. The minimum Gasteiger partial charge on any atom is -0.494 e. The van der Waals surface area contributed by atoms with Crippen LogP contribution in [0.15, 0.2) is 66.7 Å². The number of rotatable bonds is 8. The van der Waals surface area contributed by atoms with E-state index in [1.54, 1.807) is 0 Å². The Labute approximate surface area is 183 Å². The molecule has 0 aliphatic rings. The number of imidazole rings is 1. The molecule has 0 aliphatic heterocycles. The standard InChI is InChI=1S/C26H27ClN2O/c1-19-9-14-23(17-20(19)2)30-16-6-5-15-29-25-8-4-3-7-24(25)28-26(29)18-21-10-12-22(27)13-11-21/h3-4,7-14,17H,5-6,15-16,18H2,1-2H3. The molecule has 0 N–H and O–H groups in total. The van der Waals surface area contributed by atoms with E-state index in [-0.39, 0.29) is 0 Å². The van der Waals surface area contributed by atoms with Crippen LogP contribution >= 0.6 is 11.6 Å². The Hall–Kier alpha value is -2.78. The van der Waals surface area contributed by atoms with E-state index in [1.807, 2.05) is 18.2 Å². The number of hydrogen-bond donors (Lipinski definition) is 0. The quantitative estimate of drug-likeness (QED) is 0.296. The number of halogens is 1. The van der Waals surface area contributed by atoms with Crippen LogP contribution in [0.5, 0.6) is 5.75 Å². The van der Waals surface area contributed by atoms with Crippen LogP contribution in [0.25, 0.3) is 11.0 Å². The Morgan fingerprint density at radius 1 is 0.900 bits per heavy atom. The highest BCUT2D eigenvalue weighted by atomic mass is 35.5. The molecule has 3 nitrogen and oxygen atoms in total. The highest BCUT2D eigenvalue weighted by Crippen LogP contribution is 2.21. The van der Waals surface area contributed by atoms with Crippen LogP contribution in [0, 0.1) is 13.8 Å². The van der Waals surface area contributed by atoms with Crippen molar-refractivity contribution in [1.29, 1.82) is 0 Å². The van der Waals surface area contributed by atoms with Gasteiger partial charge in [-0.1, -0.05) is 41.9 Å². The third-order valence-electron chi connectivity index (χ3n) is 5.53. The molecule has 1 aromatic heterocycles. The molecule has 0 atom stereocenters. The molecule has 0 unspecified atom stereocenters. The summed E-state index contributed by atoms with van der Waals surface area (Å²) in [6.07, 6.45) is 2.84. The molecule has 4 aromatic rings. The molecule has 30 heavy (non-hydrogen) atoms. The maximum Gasteiger partial charge on any atom is 0.119 e. The van der Waals surface area contributed by atoms with Crippen molar-refractivity contribution < 1.29 is 4.74 Å². The number of benzene rings is 3. The number of fused-ring (bicyclic) bond motifs is 1. The van der Waals surface area contributed by atoms with E-state index in [0.717, 1.165) is 54.5 Å². The van der Waals surface area contributed by atoms with Crippen molar-refractivity contribution in [3.8, 4) is 5.75 Å². The highest BCUT2D eigenvalue weighted by molar-refractivity contribution is 6.30. The average molecular weight is 419 g/mol. The van der Waals surface area contributed by atoms with Crippen LogP contribution in [0.1, 0.15) is 35.4 Å². The third kappa shape index (κ3) is 4.85. The van der Waals surface area contributed by atoms with E-state index in [0.29, 0.717) is 0 Å². The van der Waals surface area contributed by atoms with Crippen molar-refractivity contribution in [3.05, 3.63) is 94.3 Å². The molecule has 0 aliphatic carbocycles. The van der Waals surface area contributed by atoms with Crippen molar-refractivity contribution in [2.45, 2.75) is 39.7 Å². The van der Waals surface area contributed by atoms with Gasteiger partial charge in [0.1, 0.15) is 11.6 Å². The molecular formula is C26H27ClN2O. The topological polar surface area (TPSA) is 27.1 Å². The summed E-state index contributed by atoms with van der Waals surface area (Å²) < 4.78 is 8.30. The largest absolute Gasteiger partial charge is 0.494 e. The molecule has 0 bridgehead atoms. The Kier molecular flexibility index (Phi) is 6.39. The monoisotopic (exact) mass is 418 g/mol. The predicted molar refractivity (Wildman–Crippen MR) is 125 cm³/mol. The highest BCUT2D eigenvalue weighted by Gasteiger charge is 2.11. The Morgan fingerprint density at radius 2 is 1.70 bits per heavy atom. The second-order valence-electron chi connectivity index (χ2n) is 7.77. The number of aryl methyl sites for hydroxylation is 3. The molecular weight excluding hydrogens is 392 g/mol.